The van der Waals surface area contributed by atoms with E-state index < -0.39 is 0 Å². The molecule has 20 aromatic rings. The van der Waals surface area contributed by atoms with Crippen molar-refractivity contribution in [3.05, 3.63) is 333 Å². The first-order chi connectivity index (χ1) is 48.2. The Labute approximate surface area is 561 Å². The van der Waals surface area contributed by atoms with Crippen molar-refractivity contribution in [1.82, 2.24) is 23.3 Å². The molecular weight excluding hydrogens is 1200 g/mol. The van der Waals surface area contributed by atoms with Gasteiger partial charge < -0.3 is 18.3 Å². The van der Waals surface area contributed by atoms with Gasteiger partial charge >= 0.3 is 0 Å². The number of thiophene rings is 1. The van der Waals surface area contributed by atoms with Crippen LogP contribution in [-0.4, -0.2) is 23.3 Å². The molecule has 0 aliphatic rings. The van der Waals surface area contributed by atoms with Gasteiger partial charge in [-0.3, -0.25) is 0 Å². The first-order valence-electron chi connectivity index (χ1n) is 32.9. The van der Waals surface area contributed by atoms with Crippen LogP contribution in [0, 0.1) is 11.3 Å². The first kappa shape index (κ1) is 54.7. The van der Waals surface area contributed by atoms with Gasteiger partial charge in [0.1, 0.15) is 16.5 Å². The van der Waals surface area contributed by atoms with Crippen molar-refractivity contribution in [2.24, 2.45) is 0 Å². The summed E-state index contributed by atoms with van der Waals surface area (Å²) in [4.78, 5) is 5.97. The first-order valence-corrected chi connectivity index (χ1v) is 33.7. The highest BCUT2D eigenvalue weighted by molar-refractivity contribution is 7.25. The number of hydrogen-bond donors (Lipinski definition) is 0. The zero-order chi connectivity index (χ0) is 63.8. The number of pyridine rings is 1. The lowest BCUT2D eigenvalue weighted by Crippen LogP contribution is -2.16. The van der Waals surface area contributed by atoms with E-state index >= 15 is 0 Å². The maximum absolute atomic E-state index is 13.6. The van der Waals surface area contributed by atoms with Crippen LogP contribution in [0.15, 0.2) is 328 Å². The van der Waals surface area contributed by atoms with Crippen LogP contribution in [0.1, 0.15) is 5.56 Å². The van der Waals surface area contributed by atoms with E-state index in [0.717, 1.165) is 186 Å². The van der Waals surface area contributed by atoms with Gasteiger partial charge in [-0.05, 0) is 117 Å². The minimum absolute atomic E-state index is 0.497. The number of benzene rings is 14. The fourth-order valence-corrected chi connectivity index (χ4v) is 17.3. The lowest BCUT2D eigenvalue weighted by atomic mass is 9.92. The Morgan fingerprint density at radius 1 is 0.268 bits per heavy atom. The second-order valence-corrected chi connectivity index (χ2v) is 26.1. The third-order valence-electron chi connectivity index (χ3n) is 20.1. The van der Waals surface area contributed by atoms with Crippen molar-refractivity contribution < 1.29 is 0 Å². The zero-order valence-electron chi connectivity index (χ0n) is 52.3. The van der Waals surface area contributed by atoms with Gasteiger partial charge in [-0.25, -0.2) is 4.98 Å². The van der Waals surface area contributed by atoms with Gasteiger partial charge in [-0.2, -0.15) is 5.26 Å². The maximum atomic E-state index is 13.6. The quantitative estimate of drug-likeness (QED) is 0.145. The zero-order valence-corrected chi connectivity index (χ0v) is 53.1. The third-order valence-corrected chi connectivity index (χ3v) is 21.1. The van der Waals surface area contributed by atoms with E-state index in [1.54, 1.807) is 11.3 Å². The SMILES string of the molecule is N#Cc1c(-n2c3ccccc3c3c(-c4ccccc4)cccc32)c(-n2c3ccccc3c3c(-c4ccccc4)cccc32)c(-c2ccc3c(c2)sc2ncccc23)c(-n2c3ccccc3c3c(-c4ccccc4)cccc32)c1-n1c2ccccc2c2c(-c3ccccc3)cccc21. The Hall–Kier alpha value is -12.9. The summed E-state index contributed by atoms with van der Waals surface area (Å²) in [6, 6.07) is 120. The highest BCUT2D eigenvalue weighted by Gasteiger charge is 2.36. The molecule has 0 aliphatic carbocycles. The van der Waals surface area contributed by atoms with Crippen LogP contribution in [0.5, 0.6) is 0 Å². The molecule has 0 fully saturated rings. The standard InChI is InChI=1S/C90H54N6S/c91-55-71-86(93-72-43-17-13-34-67(72)82-61(38-21-47-76(82)93)56-26-5-1-6-27-56)88(95-74-45-19-15-36-69(74)84-63(40-23-49-78(84)95)58-30-9-3-10-31-58)81(60-51-52-65-66-42-25-53-92-90(66)97-80(65)54-60)89(96-75-46-20-16-37-70(75)85-64(41-24-50-79(85)96)59-32-11-4-12-33-59)87(71)94-73-44-18-14-35-68(73)83-62(39-22-48-77(83)94)57-28-7-2-8-29-57/h1-54H. The number of hydrogen-bond acceptors (Lipinski definition) is 3. The molecule has 0 amide bonds. The van der Waals surface area contributed by atoms with E-state index in [2.05, 4.69) is 340 Å². The molecule has 6 aromatic heterocycles. The molecule has 0 atom stereocenters. The van der Waals surface area contributed by atoms with E-state index in [0.29, 0.717) is 5.56 Å². The molecule has 0 aliphatic heterocycles. The summed E-state index contributed by atoms with van der Waals surface area (Å²) in [7, 11) is 0. The van der Waals surface area contributed by atoms with Gasteiger partial charge in [-0.15, -0.1) is 11.3 Å². The molecule has 0 N–H and O–H groups in total. The highest BCUT2D eigenvalue weighted by atomic mass is 32.1. The highest BCUT2D eigenvalue weighted by Crippen LogP contribution is 2.55. The van der Waals surface area contributed by atoms with Crippen LogP contribution in [0.2, 0.25) is 0 Å². The topological polar surface area (TPSA) is 56.4 Å². The summed E-state index contributed by atoms with van der Waals surface area (Å²) < 4.78 is 11.1. The van der Waals surface area contributed by atoms with Gasteiger partial charge in [0.2, 0.25) is 0 Å². The van der Waals surface area contributed by atoms with Crippen LogP contribution in [-0.2, 0) is 0 Å². The molecule has 6 heterocycles. The summed E-state index contributed by atoms with van der Waals surface area (Å²) >= 11 is 1.72. The monoisotopic (exact) mass is 1250 g/mol. The number of para-hydroxylation sites is 4. The molecule has 0 saturated heterocycles. The Balaban J connectivity index is 1.11. The predicted octanol–water partition coefficient (Wildman–Crippen LogP) is 24.0. The number of nitriles is 1. The largest absolute Gasteiger partial charge is 0.306 e. The number of fused-ring (bicyclic) bond motifs is 15. The van der Waals surface area contributed by atoms with Gasteiger partial charge in [0.25, 0.3) is 0 Å². The van der Waals surface area contributed by atoms with Crippen molar-refractivity contribution in [3.8, 4) is 84.5 Å². The lowest BCUT2D eigenvalue weighted by molar-refractivity contribution is 1.04. The van der Waals surface area contributed by atoms with Gasteiger partial charge in [0, 0.05) is 70.3 Å². The fourth-order valence-electron chi connectivity index (χ4n) is 16.2. The summed E-state index contributed by atoms with van der Waals surface area (Å²) in [5.74, 6) is 0. The molecular formula is C90H54N6S. The number of rotatable bonds is 9. The fraction of sp³-hybridized carbons (Fsp3) is 0. The van der Waals surface area contributed by atoms with Crippen LogP contribution >= 0.6 is 11.3 Å². The lowest BCUT2D eigenvalue weighted by Gasteiger charge is -2.29. The molecule has 450 valence electrons. The van der Waals surface area contributed by atoms with E-state index in [4.69, 9.17) is 4.98 Å². The number of aromatic nitrogens is 5. The Bertz CT molecular complexity index is 6340. The molecule has 0 unspecified atom stereocenters. The van der Waals surface area contributed by atoms with Crippen LogP contribution < -0.4 is 0 Å². The molecule has 0 radical (unpaired) electrons. The third kappa shape index (κ3) is 8.03. The molecule has 0 bridgehead atoms. The normalized spacial score (nSPS) is 11.9. The maximum Gasteiger partial charge on any atom is 0.124 e. The minimum Gasteiger partial charge on any atom is -0.306 e. The second-order valence-electron chi connectivity index (χ2n) is 25.1. The van der Waals surface area contributed by atoms with Gasteiger partial charge in [0.15, 0.2) is 0 Å². The Morgan fingerprint density at radius 3 is 0.948 bits per heavy atom. The van der Waals surface area contributed by atoms with Crippen molar-refractivity contribution in [2.75, 3.05) is 0 Å². The molecule has 0 spiro atoms. The summed E-state index contributed by atoms with van der Waals surface area (Å²) in [5.41, 5.74) is 22.4. The summed E-state index contributed by atoms with van der Waals surface area (Å²) in [6.07, 6.45) is 1.90. The van der Waals surface area contributed by atoms with E-state index in [1.165, 1.54) is 0 Å². The van der Waals surface area contributed by atoms with E-state index in [1.807, 2.05) is 12.3 Å². The molecule has 6 nitrogen and oxygen atoms in total. The molecule has 0 saturated carbocycles. The van der Waals surface area contributed by atoms with Crippen molar-refractivity contribution in [2.45, 2.75) is 0 Å². The van der Waals surface area contributed by atoms with E-state index in [-0.39, 0.29) is 0 Å². The van der Waals surface area contributed by atoms with Crippen molar-refractivity contribution in [1.29, 1.82) is 5.26 Å². The van der Waals surface area contributed by atoms with Crippen molar-refractivity contribution in [3.63, 3.8) is 0 Å². The average Bonchev–Trinajstić information content (AvgIpc) is 1.58. The molecule has 20 rings (SSSR count). The summed E-state index contributed by atoms with van der Waals surface area (Å²) in [5, 5.41) is 24.6. The predicted molar refractivity (Wildman–Crippen MR) is 406 cm³/mol. The van der Waals surface area contributed by atoms with Crippen LogP contribution in [0.4, 0.5) is 0 Å². The Morgan fingerprint density at radius 2 is 0.588 bits per heavy atom. The Kier molecular flexibility index (Phi) is 12.2. The van der Waals surface area contributed by atoms with Crippen LogP contribution in [0.3, 0.4) is 0 Å². The minimum atomic E-state index is 0.497. The average molecular weight is 1250 g/mol. The van der Waals surface area contributed by atoms with Crippen LogP contribution in [0.25, 0.3) is 186 Å². The van der Waals surface area contributed by atoms with Crippen molar-refractivity contribution >= 4 is 119 Å². The summed E-state index contributed by atoms with van der Waals surface area (Å²) in [6.45, 7) is 0. The second kappa shape index (κ2) is 21.6. The number of nitrogens with zero attached hydrogens (tertiary/aromatic N) is 6. The van der Waals surface area contributed by atoms with E-state index in [9.17, 15) is 5.26 Å². The smallest absolute Gasteiger partial charge is 0.124 e. The molecule has 97 heavy (non-hydrogen) atoms. The molecule has 14 aromatic carbocycles. The molecule has 7 heteroatoms. The van der Waals surface area contributed by atoms with Gasteiger partial charge in [0.05, 0.1) is 66.9 Å². The van der Waals surface area contributed by atoms with Gasteiger partial charge in [-0.1, -0.05) is 255 Å².